The van der Waals surface area contributed by atoms with E-state index in [4.69, 9.17) is 9.47 Å². The normalized spacial score (nSPS) is 13.0. The topological polar surface area (TPSA) is 108 Å². The fourth-order valence-electron chi connectivity index (χ4n) is 2.84. The Labute approximate surface area is 194 Å². The van der Waals surface area contributed by atoms with Crippen LogP contribution in [0.4, 0.5) is 0 Å². The largest absolute Gasteiger partial charge is 0.459 e. The van der Waals surface area contributed by atoms with E-state index in [0.29, 0.717) is 13.1 Å². The minimum atomic E-state index is -0.545. The molecule has 0 aliphatic heterocycles. The van der Waals surface area contributed by atoms with Crippen LogP contribution < -0.4 is 5.32 Å². The van der Waals surface area contributed by atoms with Gasteiger partial charge in [-0.1, -0.05) is 50.3 Å². The van der Waals surface area contributed by atoms with Crippen LogP contribution in [-0.4, -0.2) is 56.9 Å². The van der Waals surface area contributed by atoms with Crippen molar-refractivity contribution in [1.82, 2.24) is 25.5 Å². The number of benzene rings is 1. The van der Waals surface area contributed by atoms with Crippen LogP contribution in [0, 0.1) is 5.92 Å². The predicted molar refractivity (Wildman–Crippen MR) is 125 cm³/mol. The minimum absolute atomic E-state index is 0.0546. The predicted octanol–water partition coefficient (Wildman–Crippen LogP) is 2.79. The highest BCUT2D eigenvalue weighted by atomic mass is 16.6. The standard InChI is InChI=1S/C24H33N5O4/c1-18(2)22(23(31)33-24(3,4)5)25-14-6-9-21(30)32-15-7-8-19-10-12-20(13-11-19)16-29-17-26-27-28-29/h6-13,17-18,22,25H,14-16H2,1-5H3/t22-/m1/s1. The Morgan fingerprint density at radius 1 is 1.15 bits per heavy atom. The molecule has 1 atom stereocenters. The van der Waals surface area contributed by atoms with Crippen molar-refractivity contribution >= 4 is 18.0 Å². The molecule has 9 heteroatoms. The smallest absolute Gasteiger partial charge is 0.330 e. The first-order valence-electron chi connectivity index (χ1n) is 10.9. The number of hydrogen-bond acceptors (Lipinski definition) is 8. The third-order valence-electron chi connectivity index (χ3n) is 4.38. The molecule has 0 radical (unpaired) electrons. The fourth-order valence-corrected chi connectivity index (χ4v) is 2.84. The molecule has 33 heavy (non-hydrogen) atoms. The van der Waals surface area contributed by atoms with E-state index in [0.717, 1.165) is 11.1 Å². The number of aromatic nitrogens is 4. The maximum Gasteiger partial charge on any atom is 0.330 e. The van der Waals surface area contributed by atoms with Gasteiger partial charge < -0.3 is 14.8 Å². The maximum absolute atomic E-state index is 12.3. The molecular weight excluding hydrogens is 422 g/mol. The van der Waals surface area contributed by atoms with Gasteiger partial charge in [-0.05, 0) is 54.3 Å². The van der Waals surface area contributed by atoms with Gasteiger partial charge in [0.05, 0.1) is 6.54 Å². The Balaban J connectivity index is 1.70. The number of carbonyl (C=O) groups excluding carboxylic acids is 2. The van der Waals surface area contributed by atoms with Crippen LogP contribution >= 0.6 is 0 Å². The molecule has 2 aromatic rings. The third-order valence-corrected chi connectivity index (χ3v) is 4.38. The Bertz CT molecular complexity index is 929. The second-order valence-electron chi connectivity index (χ2n) is 8.85. The van der Waals surface area contributed by atoms with Gasteiger partial charge in [0.15, 0.2) is 0 Å². The van der Waals surface area contributed by atoms with Crippen molar-refractivity contribution in [3.8, 4) is 0 Å². The number of nitrogens with one attached hydrogen (secondary N) is 1. The average molecular weight is 456 g/mol. The lowest BCUT2D eigenvalue weighted by molar-refractivity contribution is -0.158. The summed E-state index contributed by atoms with van der Waals surface area (Å²) in [6.07, 6.45) is 8.21. The van der Waals surface area contributed by atoms with E-state index < -0.39 is 17.6 Å². The van der Waals surface area contributed by atoms with Gasteiger partial charge in [-0.2, -0.15) is 0 Å². The molecule has 0 spiro atoms. The lowest BCUT2D eigenvalue weighted by Gasteiger charge is -2.26. The number of carbonyl (C=O) groups is 2. The van der Waals surface area contributed by atoms with E-state index in [1.54, 1.807) is 23.2 Å². The first kappa shape index (κ1) is 25.9. The Morgan fingerprint density at radius 3 is 2.48 bits per heavy atom. The number of esters is 2. The summed E-state index contributed by atoms with van der Waals surface area (Å²) in [5, 5.41) is 14.2. The summed E-state index contributed by atoms with van der Waals surface area (Å²) in [6, 6.07) is 7.47. The summed E-state index contributed by atoms with van der Waals surface area (Å²) in [7, 11) is 0. The van der Waals surface area contributed by atoms with Crippen molar-refractivity contribution in [2.45, 2.75) is 52.8 Å². The zero-order valence-electron chi connectivity index (χ0n) is 19.9. The molecule has 0 bridgehead atoms. The van der Waals surface area contributed by atoms with Gasteiger partial charge >= 0.3 is 11.9 Å². The van der Waals surface area contributed by atoms with E-state index >= 15 is 0 Å². The van der Waals surface area contributed by atoms with Gasteiger partial charge in [0.1, 0.15) is 24.6 Å². The number of tetrazole rings is 1. The summed E-state index contributed by atoms with van der Waals surface area (Å²) in [5.41, 5.74) is 1.53. The molecule has 1 N–H and O–H groups in total. The van der Waals surface area contributed by atoms with E-state index in [1.165, 1.54) is 6.08 Å². The monoisotopic (exact) mass is 455 g/mol. The summed E-state index contributed by atoms with van der Waals surface area (Å²) in [4.78, 5) is 24.2. The van der Waals surface area contributed by atoms with Crippen LogP contribution in [0.1, 0.15) is 45.7 Å². The zero-order chi connectivity index (χ0) is 24.3. The second kappa shape index (κ2) is 12.6. The molecule has 0 aliphatic rings. The molecule has 9 nitrogen and oxygen atoms in total. The molecule has 1 aromatic carbocycles. The van der Waals surface area contributed by atoms with Crippen LogP contribution in [0.2, 0.25) is 0 Å². The molecule has 1 heterocycles. The van der Waals surface area contributed by atoms with E-state index in [2.05, 4.69) is 20.8 Å². The number of nitrogens with zero attached hydrogens (tertiary/aromatic N) is 4. The lowest BCUT2D eigenvalue weighted by atomic mass is 10.0. The van der Waals surface area contributed by atoms with E-state index in [-0.39, 0.29) is 18.5 Å². The van der Waals surface area contributed by atoms with Crippen molar-refractivity contribution in [3.05, 3.63) is 59.9 Å². The molecule has 1 aromatic heterocycles. The maximum atomic E-state index is 12.3. The third kappa shape index (κ3) is 10.2. The van der Waals surface area contributed by atoms with Gasteiger partial charge in [0, 0.05) is 12.6 Å². The molecule has 0 saturated heterocycles. The fraction of sp³-hybridized carbons (Fsp3) is 0.458. The summed E-state index contributed by atoms with van der Waals surface area (Å²) >= 11 is 0. The Hall–Kier alpha value is -3.33. The molecule has 0 aliphatic carbocycles. The Morgan fingerprint density at radius 2 is 1.88 bits per heavy atom. The summed E-state index contributed by atoms with van der Waals surface area (Å²) in [6.45, 7) is 10.5. The minimum Gasteiger partial charge on any atom is -0.459 e. The number of ether oxygens (including phenoxy) is 2. The molecule has 0 saturated carbocycles. The quantitative estimate of drug-likeness (QED) is 0.407. The number of hydrogen-bond donors (Lipinski definition) is 1. The van der Waals surface area contributed by atoms with Crippen LogP contribution in [-0.2, 0) is 25.6 Å². The Kier molecular flexibility index (Phi) is 9.93. The summed E-state index contributed by atoms with van der Waals surface area (Å²) in [5.74, 6) is -0.697. The highest BCUT2D eigenvalue weighted by Crippen LogP contribution is 2.12. The highest BCUT2D eigenvalue weighted by molar-refractivity contribution is 5.82. The molecule has 2 rings (SSSR count). The van der Waals surface area contributed by atoms with Gasteiger partial charge in [-0.3, -0.25) is 4.79 Å². The SMILES string of the molecule is CC(C)[C@@H](NCC=CC(=O)OCC=Cc1ccc(Cn2cnnn2)cc1)C(=O)OC(C)(C)C. The molecule has 0 fully saturated rings. The van der Waals surface area contributed by atoms with Gasteiger partial charge in [0.2, 0.25) is 0 Å². The molecule has 0 unspecified atom stereocenters. The first-order chi connectivity index (χ1) is 15.6. The van der Waals surface area contributed by atoms with Crippen molar-refractivity contribution < 1.29 is 19.1 Å². The van der Waals surface area contributed by atoms with E-state index in [1.807, 2.05) is 65.0 Å². The van der Waals surface area contributed by atoms with Crippen LogP contribution in [0.25, 0.3) is 6.08 Å². The highest BCUT2D eigenvalue weighted by Gasteiger charge is 2.26. The zero-order valence-corrected chi connectivity index (χ0v) is 19.9. The lowest BCUT2D eigenvalue weighted by Crippen LogP contribution is -2.44. The van der Waals surface area contributed by atoms with E-state index in [9.17, 15) is 9.59 Å². The van der Waals surface area contributed by atoms with Gasteiger partial charge in [-0.25, -0.2) is 9.48 Å². The van der Waals surface area contributed by atoms with Crippen molar-refractivity contribution in [2.75, 3.05) is 13.2 Å². The molecule has 0 amide bonds. The average Bonchev–Trinajstić information content (AvgIpc) is 3.23. The molecule has 178 valence electrons. The van der Waals surface area contributed by atoms with Crippen LogP contribution in [0.15, 0.2) is 48.8 Å². The van der Waals surface area contributed by atoms with Crippen molar-refractivity contribution in [2.24, 2.45) is 5.92 Å². The summed E-state index contributed by atoms with van der Waals surface area (Å²) < 4.78 is 12.3. The first-order valence-corrected chi connectivity index (χ1v) is 10.9. The number of rotatable bonds is 11. The van der Waals surface area contributed by atoms with Gasteiger partial charge in [-0.15, -0.1) is 5.10 Å². The van der Waals surface area contributed by atoms with Gasteiger partial charge in [0.25, 0.3) is 0 Å². The molecular formula is C24H33N5O4. The van der Waals surface area contributed by atoms with Crippen LogP contribution in [0.5, 0.6) is 0 Å². The van der Waals surface area contributed by atoms with Crippen molar-refractivity contribution in [3.63, 3.8) is 0 Å². The second-order valence-corrected chi connectivity index (χ2v) is 8.85. The van der Waals surface area contributed by atoms with Crippen LogP contribution in [0.3, 0.4) is 0 Å². The van der Waals surface area contributed by atoms with Crippen molar-refractivity contribution in [1.29, 1.82) is 0 Å².